The molecule has 0 aliphatic carbocycles. The van der Waals surface area contributed by atoms with E-state index in [1.807, 2.05) is 0 Å². The van der Waals surface area contributed by atoms with Crippen molar-refractivity contribution in [3.63, 3.8) is 0 Å². The quantitative estimate of drug-likeness (QED) is 0.585. The summed E-state index contributed by atoms with van der Waals surface area (Å²) in [6, 6.07) is 0. The lowest BCUT2D eigenvalue weighted by Gasteiger charge is -2.28. The molecule has 0 saturated heterocycles. The van der Waals surface area contributed by atoms with Crippen LogP contribution in [0.25, 0.3) is 0 Å². The van der Waals surface area contributed by atoms with Crippen LogP contribution in [0.4, 0.5) is 61.5 Å². The molecule has 1 unspecified atom stereocenters. The van der Waals surface area contributed by atoms with Gasteiger partial charge in [0.25, 0.3) is 6.43 Å². The molecule has 0 aromatic carbocycles. The van der Waals surface area contributed by atoms with E-state index in [0.717, 1.165) is 0 Å². The Labute approximate surface area is 111 Å². The molecule has 0 saturated carbocycles. The van der Waals surface area contributed by atoms with Gasteiger partial charge in [-0.3, -0.25) is 0 Å². The van der Waals surface area contributed by atoms with Crippen molar-refractivity contribution in [3.05, 3.63) is 11.7 Å². The molecular weight excluding hydrogens is 362 g/mol. The highest BCUT2D eigenvalue weighted by atomic mass is 19.4. The summed E-state index contributed by atoms with van der Waals surface area (Å²) in [4.78, 5) is 0. The minimum absolute atomic E-state index is 4.59. The molecule has 0 spiro atoms. The summed E-state index contributed by atoms with van der Waals surface area (Å²) in [6.07, 6.45) is -18.7. The Morgan fingerprint density at radius 2 is 1.00 bits per heavy atom. The number of hydrogen-bond donors (Lipinski definition) is 0. The first-order chi connectivity index (χ1) is 9.38. The first-order valence-electron chi connectivity index (χ1n) is 4.61. The molecule has 0 aliphatic heterocycles. The van der Waals surface area contributed by atoms with Crippen LogP contribution in [0, 0.1) is 5.92 Å². The standard InChI is InChI=1S/C8H2F14/c9-2(3(10)6(15,16)8(20,21)22)5(13,14)1(4(11)12)7(17,18)19/h1,4H. The van der Waals surface area contributed by atoms with Crippen molar-refractivity contribution < 1.29 is 61.5 Å². The number of rotatable bonds is 4. The van der Waals surface area contributed by atoms with Crippen LogP contribution >= 0.6 is 0 Å². The maximum atomic E-state index is 12.8. The summed E-state index contributed by atoms with van der Waals surface area (Å²) < 4.78 is 170. The summed E-state index contributed by atoms with van der Waals surface area (Å²) in [7, 11) is 0. The Kier molecular flexibility index (Phi) is 5.43. The van der Waals surface area contributed by atoms with Crippen molar-refractivity contribution >= 4 is 0 Å². The van der Waals surface area contributed by atoms with Crippen LogP contribution in [0.2, 0.25) is 0 Å². The smallest absolute Gasteiger partial charge is 0.210 e. The van der Waals surface area contributed by atoms with Crippen molar-refractivity contribution in [1.82, 2.24) is 0 Å². The van der Waals surface area contributed by atoms with E-state index in [4.69, 9.17) is 0 Å². The van der Waals surface area contributed by atoms with E-state index in [1.165, 1.54) is 0 Å². The highest BCUT2D eigenvalue weighted by Gasteiger charge is 2.68. The molecule has 14 heteroatoms. The van der Waals surface area contributed by atoms with Crippen molar-refractivity contribution in [2.24, 2.45) is 5.92 Å². The zero-order chi connectivity index (χ0) is 18.3. The fourth-order valence-electron chi connectivity index (χ4n) is 1.05. The Hall–Kier alpha value is -1.24. The topological polar surface area (TPSA) is 0 Å². The second-order valence-electron chi connectivity index (χ2n) is 3.68. The summed E-state index contributed by atoms with van der Waals surface area (Å²) in [5.41, 5.74) is 0. The molecule has 0 rings (SSSR count). The van der Waals surface area contributed by atoms with Gasteiger partial charge in [-0.2, -0.15) is 43.9 Å². The van der Waals surface area contributed by atoms with Crippen molar-refractivity contribution in [2.45, 2.75) is 30.6 Å². The van der Waals surface area contributed by atoms with Crippen LogP contribution in [0.1, 0.15) is 0 Å². The van der Waals surface area contributed by atoms with Crippen LogP contribution in [0.15, 0.2) is 11.7 Å². The van der Waals surface area contributed by atoms with E-state index in [9.17, 15) is 61.5 Å². The second kappa shape index (κ2) is 5.76. The fourth-order valence-corrected chi connectivity index (χ4v) is 1.05. The zero-order valence-electron chi connectivity index (χ0n) is 9.45. The number of allylic oxidation sites excluding steroid dienone is 2. The zero-order valence-corrected chi connectivity index (χ0v) is 9.45. The summed E-state index contributed by atoms with van der Waals surface area (Å²) in [6.45, 7) is 0. The molecule has 0 heterocycles. The van der Waals surface area contributed by atoms with Gasteiger partial charge in [0.05, 0.1) is 0 Å². The SMILES string of the molecule is FC(=C(F)C(F)(F)C(F)(F)F)C(F)(F)C(C(F)F)C(F)(F)F. The van der Waals surface area contributed by atoms with Crippen LogP contribution in [0.3, 0.4) is 0 Å². The third-order valence-corrected chi connectivity index (χ3v) is 2.11. The molecule has 0 fully saturated rings. The molecule has 0 radical (unpaired) electrons. The number of halogens is 14. The molecule has 132 valence electrons. The van der Waals surface area contributed by atoms with Gasteiger partial charge < -0.3 is 0 Å². The van der Waals surface area contributed by atoms with Gasteiger partial charge >= 0.3 is 24.2 Å². The van der Waals surface area contributed by atoms with Gasteiger partial charge in [0.15, 0.2) is 5.92 Å². The van der Waals surface area contributed by atoms with Gasteiger partial charge in [0.1, 0.15) is 0 Å². The molecule has 0 aliphatic rings. The Bertz CT molecular complexity index is 423. The molecule has 0 amide bonds. The molecule has 0 N–H and O–H groups in total. The van der Waals surface area contributed by atoms with E-state index in [2.05, 4.69) is 0 Å². The average Bonchev–Trinajstić information content (AvgIpc) is 2.21. The molecule has 0 aromatic heterocycles. The Morgan fingerprint density at radius 3 is 1.23 bits per heavy atom. The maximum Gasteiger partial charge on any atom is 0.460 e. The largest absolute Gasteiger partial charge is 0.460 e. The average molecular weight is 364 g/mol. The van der Waals surface area contributed by atoms with Crippen LogP contribution in [-0.2, 0) is 0 Å². The van der Waals surface area contributed by atoms with Gasteiger partial charge in [-0.05, 0) is 0 Å². The van der Waals surface area contributed by atoms with Gasteiger partial charge in [-0.25, -0.2) is 17.6 Å². The Balaban J connectivity index is 6.14. The normalized spacial score (nSPS) is 17.6. The lowest BCUT2D eigenvalue weighted by Crippen LogP contribution is -2.46. The van der Waals surface area contributed by atoms with Crippen LogP contribution in [0.5, 0.6) is 0 Å². The Morgan fingerprint density at radius 1 is 0.636 bits per heavy atom. The number of alkyl halides is 12. The first kappa shape index (κ1) is 20.8. The van der Waals surface area contributed by atoms with Crippen molar-refractivity contribution in [3.8, 4) is 0 Å². The molecule has 1 atom stereocenters. The highest BCUT2D eigenvalue weighted by Crippen LogP contribution is 2.51. The number of hydrogen-bond acceptors (Lipinski definition) is 0. The third kappa shape index (κ3) is 3.74. The fraction of sp³-hybridized carbons (Fsp3) is 0.750. The summed E-state index contributed by atoms with van der Waals surface area (Å²) in [5.74, 6) is -28.2. The van der Waals surface area contributed by atoms with Gasteiger partial charge in [0, 0.05) is 0 Å². The van der Waals surface area contributed by atoms with E-state index in [0.29, 0.717) is 0 Å². The van der Waals surface area contributed by atoms with Gasteiger partial charge in [0.2, 0.25) is 11.7 Å². The summed E-state index contributed by atoms with van der Waals surface area (Å²) in [5, 5.41) is 0. The molecule has 0 bridgehead atoms. The lowest BCUT2D eigenvalue weighted by molar-refractivity contribution is -0.278. The first-order valence-corrected chi connectivity index (χ1v) is 4.61. The van der Waals surface area contributed by atoms with E-state index in [1.54, 1.807) is 0 Å². The summed E-state index contributed by atoms with van der Waals surface area (Å²) >= 11 is 0. The minimum Gasteiger partial charge on any atom is -0.210 e. The van der Waals surface area contributed by atoms with Gasteiger partial charge in [-0.15, -0.1) is 0 Å². The van der Waals surface area contributed by atoms with Crippen LogP contribution in [-0.4, -0.2) is 30.6 Å². The highest BCUT2D eigenvalue weighted by molar-refractivity contribution is 5.20. The van der Waals surface area contributed by atoms with E-state index >= 15 is 0 Å². The van der Waals surface area contributed by atoms with Crippen molar-refractivity contribution in [2.75, 3.05) is 0 Å². The van der Waals surface area contributed by atoms with Gasteiger partial charge in [-0.1, -0.05) is 0 Å². The van der Waals surface area contributed by atoms with Crippen LogP contribution < -0.4 is 0 Å². The monoisotopic (exact) mass is 364 g/mol. The predicted octanol–water partition coefficient (Wildman–Crippen LogP) is 5.41. The maximum absolute atomic E-state index is 12.8. The molecule has 0 nitrogen and oxygen atoms in total. The third-order valence-electron chi connectivity index (χ3n) is 2.11. The molecule has 0 aromatic rings. The minimum atomic E-state index is -6.98. The predicted molar refractivity (Wildman–Crippen MR) is 40.7 cm³/mol. The van der Waals surface area contributed by atoms with E-state index in [-0.39, 0.29) is 0 Å². The molecule has 22 heavy (non-hydrogen) atoms. The van der Waals surface area contributed by atoms with E-state index < -0.39 is 48.2 Å². The van der Waals surface area contributed by atoms with Crippen molar-refractivity contribution in [1.29, 1.82) is 0 Å². The second-order valence-corrected chi connectivity index (χ2v) is 3.68. The molecular formula is C8H2F14. The lowest BCUT2D eigenvalue weighted by atomic mass is 9.98.